The molecule has 0 rings (SSSR count). The Bertz CT molecular complexity index is 4.00. The van der Waals surface area contributed by atoms with E-state index in [1.54, 1.807) is 0 Å². The Morgan fingerprint density at radius 2 is 1.25 bits per heavy atom. The Balaban J connectivity index is 0. The molecule has 0 aliphatic rings. The van der Waals surface area contributed by atoms with Crippen LogP contribution in [0.4, 0.5) is 0 Å². The third-order valence-corrected chi connectivity index (χ3v) is 0. The molecule has 0 heterocycles. The highest BCUT2D eigenvalue weighted by molar-refractivity contribution is 6.40. The van der Waals surface area contributed by atoms with Crippen LogP contribution in [0.25, 0.3) is 0 Å². The highest BCUT2D eigenvalue weighted by Gasteiger charge is 1.41. The molecule has 0 aromatic carbocycles. The molecule has 0 aliphatic carbocycles. The van der Waals surface area contributed by atoms with Crippen LogP contribution in [0.2, 0.25) is 0 Å². The van der Waals surface area contributed by atoms with E-state index in [9.17, 15) is 0 Å². The molecule has 0 amide bonds. The number of alkyl halides is 2. The minimum Gasteiger partial charge on any atom is -0.109 e. The van der Waals surface area contributed by atoms with Gasteiger partial charge in [0.25, 0.3) is 0 Å². The van der Waals surface area contributed by atoms with Gasteiger partial charge in [0.1, 0.15) is 0 Å². The van der Waals surface area contributed by atoms with Gasteiger partial charge >= 0.3 is 0 Å². The molecule has 2 heteroatoms. The zero-order chi connectivity index (χ0) is 2.71. The third kappa shape index (κ3) is 19.1. The molecule has 0 fully saturated rings. The zero-order valence-corrected chi connectivity index (χ0v) is 2.97. The quantitative estimate of drug-likeness (QED) is 0.409. The normalized spacial score (nSPS) is 4.50. The van der Waals surface area contributed by atoms with Crippen molar-refractivity contribution in [2.24, 2.45) is 0 Å². The van der Waals surface area contributed by atoms with Crippen LogP contribution in [0.15, 0.2) is 0 Å². The first-order valence-corrected chi connectivity index (χ1v) is 1.60. The zero-order valence-electron chi connectivity index (χ0n) is 1.46. The van der Waals surface area contributed by atoms with Crippen LogP contribution >= 0.6 is 23.2 Å². The highest BCUT2D eigenvalue weighted by Crippen LogP contribution is 1.73. The Morgan fingerprint density at radius 1 is 1.25 bits per heavy atom. The van der Waals surface area contributed by atoms with Crippen molar-refractivity contribution < 1.29 is 0 Å². The number of hydrogen-bond acceptors (Lipinski definition) is 0. The number of hydrogen-bond donors (Lipinski definition) is 0. The summed E-state index contributed by atoms with van der Waals surface area (Å²) >= 11 is 9.53. The van der Waals surface area contributed by atoms with Crippen LogP contribution < -0.4 is 0 Å². The van der Waals surface area contributed by atoms with Crippen LogP contribution in [0.5, 0.6) is 0 Å². The second-order valence-corrected chi connectivity index (χ2v) is 0.909. The summed E-state index contributed by atoms with van der Waals surface area (Å²) in [6, 6.07) is 0. The summed E-state index contributed by atoms with van der Waals surface area (Å²) in [7, 11) is 0. The molecule has 0 saturated carbocycles. The molecule has 0 saturated heterocycles. The molecule has 0 spiro atoms. The lowest BCUT2D eigenvalue weighted by Gasteiger charge is -1.42. The van der Waals surface area contributed by atoms with E-state index in [1.807, 2.05) is 0 Å². The van der Waals surface area contributed by atoms with Gasteiger partial charge in [-0.1, -0.05) is 7.43 Å². The molecule has 28 valence electrons. The largest absolute Gasteiger partial charge is 0.109 e. The number of halogens is 2. The number of rotatable bonds is 0. The lowest BCUT2D eigenvalue weighted by Crippen LogP contribution is -1.24. The maximum absolute atomic E-state index is 4.76. The fourth-order valence-corrected chi connectivity index (χ4v) is 0. The first kappa shape index (κ1) is 8.82. The van der Waals surface area contributed by atoms with Crippen LogP contribution in [-0.2, 0) is 0 Å². The summed E-state index contributed by atoms with van der Waals surface area (Å²) in [5.41, 5.74) is 0. The van der Waals surface area contributed by atoms with Gasteiger partial charge in [-0.2, -0.15) is 0 Å². The van der Waals surface area contributed by atoms with E-state index in [0.717, 1.165) is 0 Å². The molecule has 0 atom stereocenters. The van der Waals surface area contributed by atoms with Gasteiger partial charge in [0.2, 0.25) is 0 Å². The molecule has 0 aromatic rings. The second-order valence-electron chi connectivity index (χ2n) is 0.101. The average Bonchev–Trinajstić information content (AvgIpc) is 0.918. The summed E-state index contributed by atoms with van der Waals surface area (Å²) in [5.74, 6) is 0. The van der Waals surface area contributed by atoms with Crippen molar-refractivity contribution in [3.8, 4) is 0 Å². The average molecular weight is 101 g/mol. The molecule has 0 aliphatic heterocycles. The van der Waals surface area contributed by atoms with Gasteiger partial charge in [-0.3, -0.25) is 0 Å². The van der Waals surface area contributed by atoms with Crippen LogP contribution in [-0.4, -0.2) is 5.34 Å². The molecule has 0 N–H and O–H groups in total. The van der Waals surface area contributed by atoms with E-state index in [0.29, 0.717) is 0 Å². The van der Waals surface area contributed by atoms with Gasteiger partial charge in [0.05, 0.1) is 5.34 Å². The third-order valence-electron chi connectivity index (χ3n) is 0. The minimum atomic E-state index is 0. The van der Waals surface area contributed by atoms with Crippen LogP contribution in [0, 0.1) is 0 Å². The summed E-state index contributed by atoms with van der Waals surface area (Å²) in [6.07, 6.45) is 0. The van der Waals surface area contributed by atoms with Gasteiger partial charge in [-0.05, 0) is 0 Å². The Kier molecular flexibility index (Phi) is 21.0. The first-order valence-electron chi connectivity index (χ1n) is 0.535. The van der Waals surface area contributed by atoms with E-state index >= 15 is 0 Å². The first-order chi connectivity index (χ1) is 1.41. The van der Waals surface area contributed by atoms with Gasteiger partial charge in [-0.15, -0.1) is 23.2 Å². The summed E-state index contributed by atoms with van der Waals surface area (Å²) in [6.45, 7) is 0. The van der Waals surface area contributed by atoms with Crippen LogP contribution in [0.3, 0.4) is 0 Å². The van der Waals surface area contributed by atoms with Crippen molar-refractivity contribution in [3.05, 3.63) is 0 Å². The fraction of sp³-hybridized carbons (Fsp3) is 1.00. The van der Waals surface area contributed by atoms with Crippen molar-refractivity contribution in [2.75, 3.05) is 5.34 Å². The standard InChI is InChI=1S/CH2Cl2.CH4/c2-1-3;/h1H2;1H4. The van der Waals surface area contributed by atoms with Crippen molar-refractivity contribution in [2.45, 2.75) is 7.43 Å². The van der Waals surface area contributed by atoms with E-state index in [1.165, 1.54) is 0 Å². The molecule has 0 nitrogen and oxygen atoms in total. The molecule has 0 bridgehead atoms. The monoisotopic (exact) mass is 100.0 g/mol. The van der Waals surface area contributed by atoms with Crippen LogP contribution in [0.1, 0.15) is 7.43 Å². The van der Waals surface area contributed by atoms with Gasteiger partial charge in [0.15, 0.2) is 0 Å². The van der Waals surface area contributed by atoms with Gasteiger partial charge in [0, 0.05) is 0 Å². The van der Waals surface area contributed by atoms with E-state index in [-0.39, 0.29) is 12.8 Å². The predicted octanol–water partition coefficient (Wildman–Crippen LogP) is 2.06. The molecule has 0 aromatic heterocycles. The lowest BCUT2D eigenvalue weighted by atomic mass is 11.9. The van der Waals surface area contributed by atoms with E-state index in [2.05, 4.69) is 0 Å². The van der Waals surface area contributed by atoms with E-state index in [4.69, 9.17) is 23.2 Å². The topological polar surface area (TPSA) is 0 Å². The minimum absolute atomic E-state index is 0. The van der Waals surface area contributed by atoms with Crippen molar-refractivity contribution >= 4 is 23.2 Å². The van der Waals surface area contributed by atoms with Crippen molar-refractivity contribution in [3.63, 3.8) is 0 Å². The molecular weight excluding hydrogens is 94.9 g/mol. The van der Waals surface area contributed by atoms with Gasteiger partial charge < -0.3 is 0 Å². The maximum atomic E-state index is 4.76. The smallest absolute Gasteiger partial charge is 0.0967 e. The van der Waals surface area contributed by atoms with E-state index < -0.39 is 0 Å². The Labute approximate surface area is 36.7 Å². The molecular formula is C2H6Cl2. The second kappa shape index (κ2) is 9.55. The SMILES string of the molecule is C.ClCCl. The summed E-state index contributed by atoms with van der Waals surface area (Å²) < 4.78 is 0. The highest BCUT2D eigenvalue weighted by atomic mass is 35.5. The summed E-state index contributed by atoms with van der Waals surface area (Å²) in [5, 5.41) is 0.194. The molecule has 4 heavy (non-hydrogen) atoms. The van der Waals surface area contributed by atoms with Crippen molar-refractivity contribution in [1.29, 1.82) is 0 Å². The molecule has 0 unspecified atom stereocenters. The molecule has 0 radical (unpaired) electrons. The summed E-state index contributed by atoms with van der Waals surface area (Å²) in [4.78, 5) is 0. The Morgan fingerprint density at radius 3 is 1.25 bits per heavy atom. The predicted molar refractivity (Wildman–Crippen MR) is 23.3 cm³/mol. The Hall–Kier alpha value is 0.580. The fourth-order valence-electron chi connectivity index (χ4n) is 0. The van der Waals surface area contributed by atoms with Crippen molar-refractivity contribution in [1.82, 2.24) is 0 Å². The van der Waals surface area contributed by atoms with Gasteiger partial charge in [-0.25, -0.2) is 0 Å². The lowest BCUT2D eigenvalue weighted by molar-refractivity contribution is 2.20. The maximum Gasteiger partial charge on any atom is 0.0967 e.